The van der Waals surface area contributed by atoms with E-state index in [0.29, 0.717) is 18.4 Å². The van der Waals surface area contributed by atoms with Gasteiger partial charge < -0.3 is 18.6 Å². The van der Waals surface area contributed by atoms with Crippen LogP contribution in [0.15, 0.2) is 0 Å². The van der Waals surface area contributed by atoms with Crippen LogP contribution < -0.4 is 5.32 Å². The van der Waals surface area contributed by atoms with Crippen molar-refractivity contribution in [2.75, 3.05) is 32.9 Å². The molecule has 0 bridgehead atoms. The molecule has 0 aliphatic carbocycles. The lowest BCUT2D eigenvalue weighted by Gasteiger charge is -2.36. The van der Waals surface area contributed by atoms with E-state index in [2.05, 4.69) is 26.1 Å². The van der Waals surface area contributed by atoms with E-state index in [9.17, 15) is 0 Å². The van der Waals surface area contributed by atoms with Gasteiger partial charge in [0.15, 0.2) is 0 Å². The lowest BCUT2D eigenvalue weighted by Crippen LogP contribution is -2.52. The summed E-state index contributed by atoms with van der Waals surface area (Å²) in [4.78, 5) is 0. The van der Waals surface area contributed by atoms with Gasteiger partial charge in [-0.3, -0.25) is 0 Å². The van der Waals surface area contributed by atoms with E-state index in [1.165, 1.54) is 0 Å². The zero-order chi connectivity index (χ0) is 12.7. The Bertz CT molecular complexity index is 208. The fraction of sp³-hybridized carbons (Fsp3) is 1.00. The van der Waals surface area contributed by atoms with Crippen LogP contribution in [-0.4, -0.2) is 41.7 Å². The molecule has 1 heterocycles. The maximum atomic E-state index is 5.94. The highest BCUT2D eigenvalue weighted by Crippen LogP contribution is 2.26. The van der Waals surface area contributed by atoms with E-state index in [0.717, 1.165) is 32.3 Å². The number of hydrogen-bond donors (Lipinski definition) is 1. The van der Waals surface area contributed by atoms with Crippen LogP contribution in [0.2, 0.25) is 6.04 Å². The summed E-state index contributed by atoms with van der Waals surface area (Å²) in [5.41, 5.74) is 0. The maximum absolute atomic E-state index is 5.94. The van der Waals surface area contributed by atoms with Crippen molar-refractivity contribution < 1.29 is 13.3 Å². The molecule has 102 valence electrons. The average Bonchev–Trinajstić information content (AvgIpc) is 2.31. The second-order valence-electron chi connectivity index (χ2n) is 4.96. The molecule has 0 saturated carbocycles. The molecular formula is C12H27NO3Si. The Labute approximate surface area is 106 Å². The molecule has 0 aromatic carbocycles. The fourth-order valence-electron chi connectivity index (χ4n) is 2.00. The van der Waals surface area contributed by atoms with Crippen LogP contribution in [0.4, 0.5) is 0 Å². The smallest absolute Gasteiger partial charge is 0.374 e. The van der Waals surface area contributed by atoms with Crippen LogP contribution in [0, 0.1) is 11.8 Å². The molecule has 1 aliphatic heterocycles. The zero-order valence-corrected chi connectivity index (χ0v) is 12.6. The quantitative estimate of drug-likeness (QED) is 0.711. The van der Waals surface area contributed by atoms with Crippen molar-refractivity contribution in [3.05, 3.63) is 0 Å². The van der Waals surface area contributed by atoms with Gasteiger partial charge >= 0.3 is 8.80 Å². The summed E-state index contributed by atoms with van der Waals surface area (Å²) in [6.45, 7) is 12.7. The summed E-state index contributed by atoms with van der Waals surface area (Å²) < 4.78 is 17.7. The molecular weight excluding hydrogens is 234 g/mol. The third-order valence-electron chi connectivity index (χ3n) is 2.88. The molecule has 17 heavy (non-hydrogen) atoms. The van der Waals surface area contributed by atoms with Gasteiger partial charge in [-0.1, -0.05) is 20.8 Å². The van der Waals surface area contributed by atoms with Crippen LogP contribution in [-0.2, 0) is 13.3 Å². The molecule has 0 aromatic heterocycles. The predicted octanol–water partition coefficient (Wildman–Crippen LogP) is 1.89. The molecule has 0 amide bonds. The molecule has 1 aliphatic rings. The second-order valence-corrected chi connectivity index (χ2v) is 7.60. The van der Waals surface area contributed by atoms with Crippen molar-refractivity contribution >= 4 is 8.80 Å². The van der Waals surface area contributed by atoms with Gasteiger partial charge in [-0.05, 0) is 25.9 Å². The Kier molecular flexibility index (Phi) is 6.65. The number of rotatable bonds is 7. The van der Waals surface area contributed by atoms with Crippen LogP contribution in [0.1, 0.15) is 27.7 Å². The summed E-state index contributed by atoms with van der Waals surface area (Å²) in [6, 6.07) is 0.917. The topological polar surface area (TPSA) is 39.7 Å². The minimum absolute atomic E-state index is 0.486. The molecule has 0 radical (unpaired) electrons. The van der Waals surface area contributed by atoms with Crippen molar-refractivity contribution in [3.8, 4) is 0 Å². The summed E-state index contributed by atoms with van der Waals surface area (Å²) in [5, 5.41) is 3.36. The van der Waals surface area contributed by atoms with E-state index in [-0.39, 0.29) is 0 Å². The third-order valence-corrected chi connectivity index (χ3v) is 6.02. The van der Waals surface area contributed by atoms with E-state index in [1.807, 2.05) is 6.92 Å². The van der Waals surface area contributed by atoms with Gasteiger partial charge in [0.05, 0.1) is 0 Å². The molecule has 1 N–H and O–H groups in total. The SMILES string of the molecule is CCNCC(C)C[Si]1(OCC)OCC(C)CO1. The normalized spacial score (nSPS) is 31.4. The molecule has 1 atom stereocenters. The van der Waals surface area contributed by atoms with Crippen molar-refractivity contribution in [1.82, 2.24) is 5.32 Å². The first-order valence-electron chi connectivity index (χ1n) is 6.74. The minimum Gasteiger partial charge on any atom is -0.374 e. The van der Waals surface area contributed by atoms with Gasteiger partial charge in [0.2, 0.25) is 0 Å². The van der Waals surface area contributed by atoms with Crippen molar-refractivity contribution in [2.24, 2.45) is 11.8 Å². The van der Waals surface area contributed by atoms with Crippen LogP contribution in [0.3, 0.4) is 0 Å². The highest BCUT2D eigenvalue weighted by Gasteiger charge is 2.45. The highest BCUT2D eigenvalue weighted by atomic mass is 28.4. The van der Waals surface area contributed by atoms with E-state index < -0.39 is 8.80 Å². The average molecular weight is 261 g/mol. The lowest BCUT2D eigenvalue weighted by molar-refractivity contribution is -0.00489. The van der Waals surface area contributed by atoms with Gasteiger partial charge in [0.25, 0.3) is 0 Å². The summed E-state index contributed by atoms with van der Waals surface area (Å²) in [5.74, 6) is 1.02. The first-order valence-corrected chi connectivity index (χ1v) is 8.67. The summed E-state index contributed by atoms with van der Waals surface area (Å²) >= 11 is 0. The molecule has 1 saturated heterocycles. The van der Waals surface area contributed by atoms with Crippen LogP contribution >= 0.6 is 0 Å². The molecule has 1 unspecified atom stereocenters. The highest BCUT2D eigenvalue weighted by molar-refractivity contribution is 6.60. The van der Waals surface area contributed by atoms with Crippen LogP contribution in [0.25, 0.3) is 0 Å². The largest absolute Gasteiger partial charge is 0.501 e. The Hall–Kier alpha value is 0.0569. The van der Waals surface area contributed by atoms with Crippen molar-refractivity contribution in [3.63, 3.8) is 0 Å². The Morgan fingerprint density at radius 2 is 2.00 bits per heavy atom. The summed E-state index contributed by atoms with van der Waals surface area (Å²) in [6.07, 6.45) is 0. The zero-order valence-electron chi connectivity index (χ0n) is 11.6. The maximum Gasteiger partial charge on any atom is 0.501 e. The minimum atomic E-state index is -2.38. The third kappa shape index (κ3) is 5.05. The van der Waals surface area contributed by atoms with E-state index in [4.69, 9.17) is 13.3 Å². The van der Waals surface area contributed by atoms with E-state index >= 15 is 0 Å². The van der Waals surface area contributed by atoms with Crippen molar-refractivity contribution in [2.45, 2.75) is 33.7 Å². The molecule has 0 aromatic rings. The number of nitrogens with one attached hydrogen (secondary N) is 1. The Morgan fingerprint density at radius 3 is 2.53 bits per heavy atom. The van der Waals surface area contributed by atoms with Gasteiger partial charge in [0, 0.05) is 31.8 Å². The molecule has 1 fully saturated rings. The lowest BCUT2D eigenvalue weighted by atomic mass is 10.2. The standard InChI is InChI=1S/C12H27NO3Si/c1-5-13-7-11(3)10-17(14-6-2)15-8-12(4)9-16-17/h11-13H,5-10H2,1-4H3. The van der Waals surface area contributed by atoms with E-state index in [1.54, 1.807) is 0 Å². The molecule has 0 spiro atoms. The van der Waals surface area contributed by atoms with Gasteiger partial charge in [-0.25, -0.2) is 0 Å². The first kappa shape index (κ1) is 15.1. The predicted molar refractivity (Wildman–Crippen MR) is 71.0 cm³/mol. The first-order chi connectivity index (χ1) is 8.12. The van der Waals surface area contributed by atoms with Crippen LogP contribution in [0.5, 0.6) is 0 Å². The van der Waals surface area contributed by atoms with Gasteiger partial charge in [-0.2, -0.15) is 0 Å². The monoisotopic (exact) mass is 261 g/mol. The van der Waals surface area contributed by atoms with Gasteiger partial charge in [-0.15, -0.1) is 0 Å². The summed E-state index contributed by atoms with van der Waals surface area (Å²) in [7, 11) is -2.38. The number of hydrogen-bond acceptors (Lipinski definition) is 4. The molecule has 1 rings (SSSR count). The Morgan fingerprint density at radius 1 is 1.35 bits per heavy atom. The fourth-order valence-corrected chi connectivity index (χ4v) is 5.12. The molecule has 4 nitrogen and oxygen atoms in total. The van der Waals surface area contributed by atoms with Crippen molar-refractivity contribution in [1.29, 1.82) is 0 Å². The molecule has 5 heteroatoms. The Balaban J connectivity index is 2.46. The second kappa shape index (κ2) is 7.48. The van der Waals surface area contributed by atoms with Gasteiger partial charge in [0.1, 0.15) is 0 Å².